The minimum Gasteiger partial charge on any atom is -0.496 e. The van der Waals surface area contributed by atoms with Gasteiger partial charge in [0.05, 0.1) is 12.7 Å². The summed E-state index contributed by atoms with van der Waals surface area (Å²) in [5.41, 5.74) is 2.67. The number of aliphatic hydroxyl groups excluding tert-OH is 2. The van der Waals surface area contributed by atoms with Crippen LogP contribution in [0.15, 0.2) is 69.9 Å². The zero-order valence-electron chi connectivity index (χ0n) is 25.0. The molecule has 1 aliphatic heterocycles. The van der Waals surface area contributed by atoms with E-state index in [2.05, 4.69) is 0 Å². The lowest BCUT2D eigenvalue weighted by Gasteiger charge is -2.46. The highest BCUT2D eigenvalue weighted by molar-refractivity contribution is 5.99. The van der Waals surface area contributed by atoms with Crippen molar-refractivity contribution >= 4 is 16.8 Å². The topological polar surface area (TPSA) is 125 Å². The number of Topliss-reactive ketones (excluding diaryl/α,β-unsaturated/α-hetero) is 1. The smallest absolute Gasteiger partial charge is 0.339 e. The van der Waals surface area contributed by atoms with Crippen molar-refractivity contribution in [2.45, 2.75) is 64.3 Å². The highest BCUT2D eigenvalue weighted by Crippen LogP contribution is 2.36. The molecule has 1 fully saturated rings. The molecule has 3 aromatic carbocycles. The number of ketones is 1. The van der Waals surface area contributed by atoms with Crippen molar-refractivity contribution in [2.75, 3.05) is 14.2 Å². The first-order chi connectivity index (χ1) is 20.4. The molecule has 226 valence electrons. The average molecular weight is 589 g/mol. The van der Waals surface area contributed by atoms with Gasteiger partial charge >= 0.3 is 5.63 Å². The molecule has 0 radical (unpaired) electrons. The lowest BCUT2D eigenvalue weighted by atomic mass is 9.89. The maximum Gasteiger partial charge on any atom is 0.339 e. The lowest BCUT2D eigenvalue weighted by Crippen LogP contribution is -2.63. The number of methoxy groups -OCH3 is 2. The Kier molecular flexibility index (Phi) is 8.45. The normalized spacial score (nSPS) is 21.5. The summed E-state index contributed by atoms with van der Waals surface area (Å²) in [5.74, 6) is 0.719. The van der Waals surface area contributed by atoms with Crippen LogP contribution in [0.5, 0.6) is 11.5 Å². The van der Waals surface area contributed by atoms with Gasteiger partial charge in [-0.3, -0.25) is 4.79 Å². The van der Waals surface area contributed by atoms with E-state index in [4.69, 9.17) is 23.4 Å². The van der Waals surface area contributed by atoms with Crippen molar-refractivity contribution in [2.24, 2.45) is 0 Å². The Balaban J connectivity index is 1.40. The third-order valence-corrected chi connectivity index (χ3v) is 8.02. The molecule has 1 aliphatic rings. The molecule has 0 bridgehead atoms. The molecule has 1 aromatic heterocycles. The minimum absolute atomic E-state index is 0.148. The van der Waals surface area contributed by atoms with Crippen LogP contribution in [0.3, 0.4) is 0 Å². The number of hydrogen-bond acceptors (Lipinski definition) is 9. The van der Waals surface area contributed by atoms with Gasteiger partial charge in [0.2, 0.25) is 6.29 Å². The van der Waals surface area contributed by atoms with E-state index in [0.29, 0.717) is 28.0 Å². The maximum atomic E-state index is 13.4. The SMILES string of the molecule is COc1ccc(C(=O)Cc2cc3ccc(O[C@@H]4OC(C)(C)[C@H](OC)[C@@H](O)[C@H]4O)c(C)c3oc2=O)cc1-c1ccccc1C. The Morgan fingerprint density at radius 1 is 0.930 bits per heavy atom. The molecule has 2 N–H and O–H groups in total. The average Bonchev–Trinajstić information content (AvgIpc) is 2.98. The molecule has 4 atom stereocenters. The summed E-state index contributed by atoms with van der Waals surface area (Å²) < 4.78 is 28.4. The third-order valence-electron chi connectivity index (χ3n) is 8.02. The van der Waals surface area contributed by atoms with E-state index in [9.17, 15) is 19.8 Å². The van der Waals surface area contributed by atoms with Crippen LogP contribution >= 0.6 is 0 Å². The number of rotatable bonds is 8. The first-order valence-corrected chi connectivity index (χ1v) is 14.0. The number of ether oxygens (including phenoxy) is 4. The second kappa shape index (κ2) is 11.9. The summed E-state index contributed by atoms with van der Waals surface area (Å²) >= 11 is 0. The largest absolute Gasteiger partial charge is 0.496 e. The molecule has 43 heavy (non-hydrogen) atoms. The van der Waals surface area contributed by atoms with E-state index >= 15 is 0 Å². The molecule has 9 heteroatoms. The van der Waals surface area contributed by atoms with Gasteiger partial charge < -0.3 is 33.6 Å². The molecule has 5 rings (SSSR count). The van der Waals surface area contributed by atoms with Gasteiger partial charge in [0.1, 0.15) is 35.4 Å². The number of fused-ring (bicyclic) bond motifs is 1. The second-order valence-corrected chi connectivity index (χ2v) is 11.3. The number of benzene rings is 3. The van der Waals surface area contributed by atoms with Gasteiger partial charge in [0, 0.05) is 41.2 Å². The van der Waals surface area contributed by atoms with Crippen LogP contribution in [-0.2, 0) is 15.9 Å². The van der Waals surface area contributed by atoms with Crippen molar-refractivity contribution in [1.82, 2.24) is 0 Å². The van der Waals surface area contributed by atoms with E-state index in [1.54, 1.807) is 64.3 Å². The molecule has 9 nitrogen and oxygen atoms in total. The van der Waals surface area contributed by atoms with Crippen LogP contribution in [0.1, 0.15) is 40.9 Å². The highest BCUT2D eigenvalue weighted by Gasteiger charge is 2.50. The molecule has 0 unspecified atom stereocenters. The summed E-state index contributed by atoms with van der Waals surface area (Å²) in [4.78, 5) is 26.4. The first kappa shape index (κ1) is 30.4. The molecule has 0 aliphatic carbocycles. The van der Waals surface area contributed by atoms with Gasteiger partial charge in [-0.2, -0.15) is 0 Å². The molecule has 1 saturated heterocycles. The maximum absolute atomic E-state index is 13.4. The summed E-state index contributed by atoms with van der Waals surface area (Å²) in [5, 5.41) is 21.8. The van der Waals surface area contributed by atoms with Crippen molar-refractivity contribution in [3.05, 3.63) is 93.3 Å². The van der Waals surface area contributed by atoms with Crippen LogP contribution in [0, 0.1) is 13.8 Å². The van der Waals surface area contributed by atoms with E-state index in [1.807, 2.05) is 31.2 Å². The van der Waals surface area contributed by atoms with Crippen LogP contribution < -0.4 is 15.1 Å². The second-order valence-electron chi connectivity index (χ2n) is 11.3. The Labute approximate surface area is 249 Å². The molecule has 0 saturated carbocycles. The molecule has 0 amide bonds. The van der Waals surface area contributed by atoms with Gasteiger partial charge in [-0.1, -0.05) is 24.3 Å². The first-order valence-electron chi connectivity index (χ1n) is 14.0. The fourth-order valence-corrected chi connectivity index (χ4v) is 5.67. The monoisotopic (exact) mass is 588 g/mol. The standard InChI is InChI=1S/C34H36O9/c1-18-9-7-8-10-23(18)24-16-20(11-14-27(24)39-5)25(35)17-22-15-21-12-13-26(19(2)30(21)42-32(22)38)41-33-29(37)28(36)31(40-6)34(3,4)43-33/h7-16,28-29,31,33,36-37H,17H2,1-6H3/t28-,29+,31+,33+/m0/s1. The Morgan fingerprint density at radius 2 is 1.65 bits per heavy atom. The highest BCUT2D eigenvalue weighted by atomic mass is 16.7. The van der Waals surface area contributed by atoms with E-state index in [-0.39, 0.29) is 23.4 Å². The van der Waals surface area contributed by atoms with E-state index in [0.717, 1.165) is 16.7 Å². The van der Waals surface area contributed by atoms with Crippen molar-refractivity contribution in [1.29, 1.82) is 0 Å². The Bertz CT molecular complexity index is 1720. The zero-order chi connectivity index (χ0) is 31.1. The Hall–Kier alpha value is -4.02. The predicted octanol–water partition coefficient (Wildman–Crippen LogP) is 4.76. The molecular weight excluding hydrogens is 552 g/mol. The summed E-state index contributed by atoms with van der Waals surface area (Å²) in [6.07, 6.45) is -4.71. The number of hydrogen-bond donors (Lipinski definition) is 2. The van der Waals surface area contributed by atoms with Gasteiger partial charge in [0.25, 0.3) is 0 Å². The van der Waals surface area contributed by atoms with E-state index < -0.39 is 35.8 Å². The van der Waals surface area contributed by atoms with E-state index in [1.165, 1.54) is 7.11 Å². The van der Waals surface area contributed by atoms with Gasteiger partial charge in [0.15, 0.2) is 5.78 Å². The lowest BCUT2D eigenvalue weighted by molar-refractivity contribution is -0.306. The van der Waals surface area contributed by atoms with Crippen LogP contribution in [0.4, 0.5) is 0 Å². The fraction of sp³-hybridized carbons (Fsp3) is 0.353. The summed E-state index contributed by atoms with van der Waals surface area (Å²) in [6, 6.07) is 18.1. The van der Waals surface area contributed by atoms with Crippen molar-refractivity contribution in [3.8, 4) is 22.6 Å². The molecular formula is C34H36O9. The minimum atomic E-state index is -1.38. The number of aryl methyl sites for hydroxylation is 2. The van der Waals surface area contributed by atoms with Crippen molar-refractivity contribution in [3.63, 3.8) is 0 Å². The number of carbonyl (C=O) groups is 1. The van der Waals surface area contributed by atoms with Crippen LogP contribution in [0.25, 0.3) is 22.1 Å². The third kappa shape index (κ3) is 5.81. The van der Waals surface area contributed by atoms with Crippen molar-refractivity contribution < 1.29 is 38.4 Å². The zero-order valence-corrected chi connectivity index (χ0v) is 25.0. The molecule has 2 heterocycles. The molecule has 4 aromatic rings. The Morgan fingerprint density at radius 3 is 2.35 bits per heavy atom. The quantitative estimate of drug-likeness (QED) is 0.221. The summed E-state index contributed by atoms with van der Waals surface area (Å²) in [6.45, 7) is 7.17. The number of carbonyl (C=O) groups excluding carboxylic acids is 1. The predicted molar refractivity (Wildman–Crippen MR) is 161 cm³/mol. The van der Waals surface area contributed by atoms with Crippen LogP contribution in [0.2, 0.25) is 0 Å². The van der Waals surface area contributed by atoms with Gasteiger partial charge in [-0.25, -0.2) is 4.79 Å². The fourth-order valence-electron chi connectivity index (χ4n) is 5.67. The van der Waals surface area contributed by atoms with Gasteiger partial charge in [-0.05, 0) is 75.2 Å². The summed E-state index contributed by atoms with van der Waals surface area (Å²) in [7, 11) is 3.02. The number of aliphatic hydroxyl groups is 2. The molecule has 0 spiro atoms. The van der Waals surface area contributed by atoms with Crippen LogP contribution in [-0.4, -0.2) is 60.4 Å². The van der Waals surface area contributed by atoms with Gasteiger partial charge in [-0.15, -0.1) is 0 Å².